The first-order chi connectivity index (χ1) is 18.3. The molecule has 1 aliphatic heterocycles. The van der Waals surface area contributed by atoms with Crippen molar-refractivity contribution in [1.29, 1.82) is 0 Å². The lowest BCUT2D eigenvalue weighted by Crippen LogP contribution is -2.30. The van der Waals surface area contributed by atoms with Gasteiger partial charge < -0.3 is 30.1 Å². The largest absolute Gasteiger partial charge is 0.471 e. The van der Waals surface area contributed by atoms with Gasteiger partial charge in [0.25, 0.3) is 5.91 Å². The van der Waals surface area contributed by atoms with Gasteiger partial charge in [-0.05, 0) is 68.4 Å². The van der Waals surface area contributed by atoms with Crippen LogP contribution in [-0.4, -0.2) is 77.7 Å². The molecule has 1 aromatic carbocycles. The topological polar surface area (TPSA) is 142 Å². The van der Waals surface area contributed by atoms with Gasteiger partial charge in [0.05, 0.1) is 13.2 Å². The van der Waals surface area contributed by atoms with Crippen molar-refractivity contribution < 1.29 is 33.4 Å². The second-order valence-corrected chi connectivity index (χ2v) is 10.1. The minimum absolute atomic E-state index is 0.0803. The summed E-state index contributed by atoms with van der Waals surface area (Å²) in [6.07, 6.45) is 4.04. The molecule has 0 radical (unpaired) electrons. The van der Waals surface area contributed by atoms with Gasteiger partial charge in [0.2, 0.25) is 5.88 Å². The maximum atomic E-state index is 14.4. The molecule has 0 unspecified atom stereocenters. The van der Waals surface area contributed by atoms with Crippen molar-refractivity contribution in [2.75, 3.05) is 38.6 Å². The smallest absolute Gasteiger partial charge is 0.346 e. The van der Waals surface area contributed by atoms with Crippen LogP contribution in [0.15, 0.2) is 18.2 Å². The number of aliphatic hydroxyl groups excluding tert-OH is 1. The van der Waals surface area contributed by atoms with Crippen LogP contribution in [0.5, 0.6) is 5.88 Å². The predicted octanol–water partition coefficient (Wildman–Crippen LogP) is 2.51. The van der Waals surface area contributed by atoms with Gasteiger partial charge in [0.15, 0.2) is 5.56 Å². The average molecular weight is 550 g/mol. The summed E-state index contributed by atoms with van der Waals surface area (Å²) in [5.74, 6) is -1.74. The predicted molar refractivity (Wildman–Crippen MR) is 138 cm³/mol. The molecule has 1 saturated heterocycles. The third-order valence-corrected chi connectivity index (χ3v) is 7.04. The van der Waals surface area contributed by atoms with Crippen molar-refractivity contribution in [1.82, 2.24) is 19.9 Å². The Morgan fingerprint density at radius 1 is 1.24 bits per heavy atom. The van der Waals surface area contributed by atoms with Gasteiger partial charge in [-0.3, -0.25) is 10.1 Å². The number of carbonyl (C=O) groups is 3. The minimum Gasteiger partial charge on any atom is -0.471 e. The fraction of sp³-hybridized carbons (Fsp3) is 0.520. The zero-order chi connectivity index (χ0) is 27.1. The van der Waals surface area contributed by atoms with E-state index in [1.54, 1.807) is 0 Å². The lowest BCUT2D eigenvalue weighted by molar-refractivity contribution is 0.0596. The van der Waals surface area contributed by atoms with E-state index in [1.807, 2.05) is 0 Å². The normalized spacial score (nSPS) is 17.2. The molecule has 0 spiro atoms. The molecule has 2 fully saturated rings. The number of nitrogens with one attached hydrogen (secondary N) is 3. The summed E-state index contributed by atoms with van der Waals surface area (Å²) >= 11 is 0.834. The number of anilines is 1. The highest BCUT2D eigenvalue weighted by Crippen LogP contribution is 2.32. The highest BCUT2D eigenvalue weighted by Gasteiger charge is 2.26. The summed E-state index contributed by atoms with van der Waals surface area (Å²) in [5, 5.41) is 17.9. The van der Waals surface area contributed by atoms with Crippen LogP contribution in [0, 0.1) is 5.82 Å². The first-order valence-electron chi connectivity index (χ1n) is 12.6. The second-order valence-electron chi connectivity index (χ2n) is 9.36. The summed E-state index contributed by atoms with van der Waals surface area (Å²) < 4.78 is 28.9. The zero-order valence-electron chi connectivity index (χ0n) is 21.1. The minimum atomic E-state index is -0.769. The number of amides is 3. The van der Waals surface area contributed by atoms with Crippen LogP contribution in [0.4, 0.5) is 14.2 Å². The first-order valence-corrected chi connectivity index (χ1v) is 13.4. The van der Waals surface area contributed by atoms with Gasteiger partial charge >= 0.3 is 12.0 Å². The van der Waals surface area contributed by atoms with E-state index in [-0.39, 0.29) is 46.7 Å². The quantitative estimate of drug-likeness (QED) is 0.234. The maximum Gasteiger partial charge on any atom is 0.346 e. The number of carbonyl (C=O) groups excluding carboxylic acids is 3. The zero-order valence-corrected chi connectivity index (χ0v) is 21.9. The number of unbranched alkanes of at least 4 members (excludes halogenated alkanes) is 1. The Morgan fingerprint density at radius 3 is 2.76 bits per heavy atom. The molecule has 1 aliphatic carbocycles. The van der Waals surface area contributed by atoms with Gasteiger partial charge in [0.1, 0.15) is 17.4 Å². The van der Waals surface area contributed by atoms with Crippen LogP contribution >= 0.6 is 11.5 Å². The molecule has 11 nitrogen and oxygen atoms in total. The van der Waals surface area contributed by atoms with Crippen LogP contribution in [0.1, 0.15) is 58.4 Å². The highest BCUT2D eigenvalue weighted by molar-refractivity contribution is 7.11. The number of β-amino-alcohol motifs (C(OH)–C–C–N with tert-alkyl or cyclic N) is 1. The number of nitrogens with zero attached hydrogens (tertiary/aromatic N) is 2. The molecule has 0 bridgehead atoms. The van der Waals surface area contributed by atoms with Crippen LogP contribution in [0.2, 0.25) is 0 Å². The molecule has 2 heterocycles. The van der Waals surface area contributed by atoms with E-state index >= 15 is 0 Å². The number of esters is 1. The third-order valence-electron chi connectivity index (χ3n) is 6.30. The standard InChI is InChI=1S/C25H32FN5O6S/c1-36-24(34)20-22(37-14-16-12-15(4-7-19(16)26)21(33)28-17-5-6-17)30-38-23(20)29-25(35)27-9-2-3-10-31-11-8-18(32)13-31/h4,7,12,17-18,32H,2-3,5-6,8-11,13-14H2,1H3,(H,28,33)(H2,27,29,35)/t18-/m0/s1. The molecular formula is C25H32FN5O6S. The Morgan fingerprint density at radius 2 is 2.05 bits per heavy atom. The maximum absolute atomic E-state index is 14.4. The molecule has 1 aromatic heterocycles. The van der Waals surface area contributed by atoms with Crippen molar-refractivity contribution in [3.05, 3.63) is 40.7 Å². The summed E-state index contributed by atoms with van der Waals surface area (Å²) in [4.78, 5) is 39.3. The summed E-state index contributed by atoms with van der Waals surface area (Å²) in [6.45, 7) is 2.57. The molecule has 2 aliphatic rings. The van der Waals surface area contributed by atoms with Gasteiger partial charge in [-0.1, -0.05) is 0 Å². The fourth-order valence-corrected chi connectivity index (χ4v) is 4.75. The van der Waals surface area contributed by atoms with Crippen molar-refractivity contribution in [2.45, 2.75) is 50.9 Å². The van der Waals surface area contributed by atoms with E-state index in [1.165, 1.54) is 25.3 Å². The van der Waals surface area contributed by atoms with Crippen LogP contribution < -0.4 is 20.7 Å². The number of methoxy groups -OCH3 is 1. The number of hydrogen-bond donors (Lipinski definition) is 4. The Labute approximate surface area is 223 Å². The Kier molecular flexibility index (Phi) is 9.48. The number of hydrogen-bond acceptors (Lipinski definition) is 9. The van der Waals surface area contributed by atoms with E-state index in [4.69, 9.17) is 9.47 Å². The second kappa shape index (κ2) is 13.0. The average Bonchev–Trinajstić information content (AvgIpc) is 3.48. The van der Waals surface area contributed by atoms with E-state index in [2.05, 4.69) is 25.2 Å². The van der Waals surface area contributed by atoms with Gasteiger partial charge in [-0.25, -0.2) is 14.0 Å². The third kappa shape index (κ3) is 7.62. The number of benzene rings is 1. The molecule has 4 rings (SSSR count). The number of likely N-dealkylation sites (tertiary alicyclic amines) is 1. The number of urea groups is 1. The Hall–Kier alpha value is -3.29. The molecule has 2 aromatic rings. The number of aliphatic hydroxyl groups is 1. The van der Waals surface area contributed by atoms with E-state index in [0.29, 0.717) is 18.7 Å². The Balaban J connectivity index is 1.31. The van der Waals surface area contributed by atoms with E-state index < -0.39 is 17.8 Å². The lowest BCUT2D eigenvalue weighted by Gasteiger charge is -2.14. The summed E-state index contributed by atoms with van der Waals surface area (Å²) in [7, 11) is 1.19. The van der Waals surface area contributed by atoms with Gasteiger partial charge in [-0.2, -0.15) is 4.37 Å². The number of rotatable bonds is 12. The van der Waals surface area contributed by atoms with Gasteiger partial charge in [-0.15, -0.1) is 0 Å². The molecule has 1 saturated carbocycles. The van der Waals surface area contributed by atoms with Crippen LogP contribution in [-0.2, 0) is 11.3 Å². The van der Waals surface area contributed by atoms with Crippen LogP contribution in [0.25, 0.3) is 0 Å². The molecule has 206 valence electrons. The Bertz CT molecular complexity index is 1160. The SMILES string of the molecule is COC(=O)c1c(OCc2cc(C(=O)NC3CC3)ccc2F)nsc1NC(=O)NCCCCN1CC[C@H](O)C1. The number of ether oxygens (including phenoxy) is 2. The van der Waals surface area contributed by atoms with Crippen molar-refractivity contribution in [3.63, 3.8) is 0 Å². The van der Waals surface area contributed by atoms with Crippen molar-refractivity contribution >= 4 is 34.4 Å². The monoisotopic (exact) mass is 549 g/mol. The lowest BCUT2D eigenvalue weighted by atomic mass is 10.1. The molecule has 1 atom stereocenters. The molecule has 4 N–H and O–H groups in total. The molecule has 3 amide bonds. The number of aromatic nitrogens is 1. The van der Waals surface area contributed by atoms with Crippen molar-refractivity contribution in [3.8, 4) is 5.88 Å². The molecular weight excluding hydrogens is 517 g/mol. The molecule has 13 heteroatoms. The van der Waals surface area contributed by atoms with Crippen LogP contribution in [0.3, 0.4) is 0 Å². The van der Waals surface area contributed by atoms with E-state index in [9.17, 15) is 23.9 Å². The van der Waals surface area contributed by atoms with E-state index in [0.717, 1.165) is 56.7 Å². The fourth-order valence-electron chi connectivity index (χ4n) is 4.04. The first kappa shape index (κ1) is 27.7. The number of halogens is 1. The van der Waals surface area contributed by atoms with Crippen molar-refractivity contribution in [2.24, 2.45) is 0 Å². The molecule has 38 heavy (non-hydrogen) atoms. The summed E-state index contributed by atoms with van der Waals surface area (Å²) in [6, 6.07) is 3.64. The summed E-state index contributed by atoms with van der Waals surface area (Å²) in [5.41, 5.74) is 0.344. The highest BCUT2D eigenvalue weighted by atomic mass is 32.1. The van der Waals surface area contributed by atoms with Gasteiger partial charge in [0, 0.05) is 36.8 Å².